The summed E-state index contributed by atoms with van der Waals surface area (Å²) in [5, 5.41) is 19.4. The molecule has 0 spiro atoms. The lowest BCUT2D eigenvalue weighted by Crippen LogP contribution is -2.26. The molecule has 1 aromatic rings. The van der Waals surface area contributed by atoms with Gasteiger partial charge in [-0.05, 0) is 25.5 Å². The summed E-state index contributed by atoms with van der Waals surface area (Å²) in [5.74, 6) is 0.646. The fourth-order valence-corrected chi connectivity index (χ4v) is 1.69. The van der Waals surface area contributed by atoms with Crippen LogP contribution in [0.15, 0.2) is 12.1 Å². The Labute approximate surface area is 106 Å². The van der Waals surface area contributed by atoms with Gasteiger partial charge >= 0.3 is 0 Å². The van der Waals surface area contributed by atoms with Gasteiger partial charge in [-0.2, -0.15) is 5.26 Å². The quantitative estimate of drug-likeness (QED) is 0.835. The fourth-order valence-electron chi connectivity index (χ4n) is 1.69. The molecule has 1 aliphatic heterocycles. The van der Waals surface area contributed by atoms with Gasteiger partial charge in [0.15, 0.2) is 5.69 Å². The molecule has 0 aliphatic carbocycles. The Kier molecular flexibility index (Phi) is 4.45. The maximum absolute atomic E-state index is 8.61. The Balaban J connectivity index is 1.75. The van der Waals surface area contributed by atoms with Gasteiger partial charge in [0.05, 0.1) is 19.3 Å². The second kappa shape index (κ2) is 6.28. The Hall–Kier alpha value is -1.71. The lowest BCUT2D eigenvalue weighted by Gasteiger charge is -2.16. The number of hydrogen-bond donors (Lipinski definition) is 1. The molecule has 0 aromatic carbocycles. The van der Waals surface area contributed by atoms with Gasteiger partial charge in [-0.1, -0.05) is 0 Å². The highest BCUT2D eigenvalue weighted by atomic mass is 16.5. The van der Waals surface area contributed by atoms with Gasteiger partial charge in [-0.25, -0.2) is 0 Å². The number of nitrogens with one attached hydrogen (secondary N) is 1. The third kappa shape index (κ3) is 3.65. The van der Waals surface area contributed by atoms with E-state index in [1.54, 1.807) is 12.1 Å². The van der Waals surface area contributed by atoms with E-state index >= 15 is 0 Å². The first-order chi connectivity index (χ1) is 8.78. The first-order valence-electron chi connectivity index (χ1n) is 5.97. The van der Waals surface area contributed by atoms with Crippen LogP contribution in [0.2, 0.25) is 0 Å². The van der Waals surface area contributed by atoms with Gasteiger partial charge in [0, 0.05) is 12.6 Å². The van der Waals surface area contributed by atoms with Crippen molar-refractivity contribution in [3.63, 3.8) is 0 Å². The minimum atomic E-state index is 0.132. The number of ether oxygens (including phenoxy) is 2. The summed E-state index contributed by atoms with van der Waals surface area (Å²) in [4.78, 5) is 0. The van der Waals surface area contributed by atoms with Gasteiger partial charge < -0.3 is 14.8 Å². The van der Waals surface area contributed by atoms with Crippen molar-refractivity contribution in [2.24, 2.45) is 0 Å². The van der Waals surface area contributed by atoms with Crippen LogP contribution < -0.4 is 5.32 Å². The van der Waals surface area contributed by atoms with Crippen LogP contribution in [-0.4, -0.2) is 42.2 Å². The number of aromatic nitrogens is 2. The predicted octanol–water partition coefficient (Wildman–Crippen LogP) is 0.954. The molecule has 2 atom stereocenters. The smallest absolute Gasteiger partial charge is 0.163 e. The fraction of sp³-hybridized carbons (Fsp3) is 0.583. The zero-order chi connectivity index (χ0) is 12.8. The molecular formula is C12H16N4O2. The summed E-state index contributed by atoms with van der Waals surface area (Å²) in [6, 6.07) is 5.43. The van der Waals surface area contributed by atoms with Crippen molar-refractivity contribution in [2.75, 3.05) is 25.1 Å². The molecule has 1 fully saturated rings. The number of nitrogens with zero attached hydrogens (tertiary/aromatic N) is 3. The van der Waals surface area contributed by atoms with E-state index in [1.807, 2.05) is 13.0 Å². The molecule has 1 N–H and O–H groups in total. The van der Waals surface area contributed by atoms with Gasteiger partial charge in [0.25, 0.3) is 0 Å². The Morgan fingerprint density at radius 3 is 3.11 bits per heavy atom. The molecular weight excluding hydrogens is 232 g/mol. The van der Waals surface area contributed by atoms with Crippen molar-refractivity contribution < 1.29 is 9.47 Å². The van der Waals surface area contributed by atoms with E-state index in [2.05, 4.69) is 15.5 Å². The Morgan fingerprint density at radius 2 is 2.50 bits per heavy atom. The van der Waals surface area contributed by atoms with E-state index < -0.39 is 0 Å². The third-order valence-electron chi connectivity index (χ3n) is 2.64. The van der Waals surface area contributed by atoms with E-state index in [9.17, 15) is 0 Å². The standard InChI is InChI=1S/C12H16N4O2/c1-9(7-18-11-4-5-17-8-11)14-12-3-2-10(6-13)15-16-12/h2-3,9,11H,4-5,7-8H2,1H3,(H,14,16). The van der Waals surface area contributed by atoms with Crippen molar-refractivity contribution in [1.29, 1.82) is 5.26 Å². The molecule has 2 rings (SSSR count). The van der Waals surface area contributed by atoms with E-state index in [1.165, 1.54) is 0 Å². The van der Waals surface area contributed by atoms with Crippen LogP contribution in [0.5, 0.6) is 0 Å². The second-order valence-electron chi connectivity index (χ2n) is 4.28. The summed E-state index contributed by atoms with van der Waals surface area (Å²) in [6.45, 7) is 4.07. The maximum atomic E-state index is 8.61. The molecule has 0 bridgehead atoms. The number of hydrogen-bond acceptors (Lipinski definition) is 6. The lowest BCUT2D eigenvalue weighted by atomic mass is 10.3. The van der Waals surface area contributed by atoms with Gasteiger partial charge in [0.2, 0.25) is 0 Å². The first kappa shape index (κ1) is 12.7. The molecule has 2 unspecified atom stereocenters. The summed E-state index contributed by atoms with van der Waals surface area (Å²) < 4.78 is 10.9. The summed E-state index contributed by atoms with van der Waals surface area (Å²) in [7, 11) is 0. The van der Waals surface area contributed by atoms with Crippen LogP contribution in [0, 0.1) is 11.3 Å². The maximum Gasteiger partial charge on any atom is 0.163 e. The minimum Gasteiger partial charge on any atom is -0.379 e. The van der Waals surface area contributed by atoms with Crippen molar-refractivity contribution >= 4 is 5.82 Å². The average molecular weight is 248 g/mol. The lowest BCUT2D eigenvalue weighted by molar-refractivity contribution is 0.0395. The van der Waals surface area contributed by atoms with Crippen molar-refractivity contribution in [3.8, 4) is 6.07 Å². The minimum absolute atomic E-state index is 0.132. The topological polar surface area (TPSA) is 80.1 Å². The first-order valence-corrected chi connectivity index (χ1v) is 5.97. The zero-order valence-corrected chi connectivity index (χ0v) is 10.3. The molecule has 0 radical (unpaired) electrons. The molecule has 18 heavy (non-hydrogen) atoms. The molecule has 0 amide bonds. The SMILES string of the molecule is CC(COC1CCOC1)Nc1ccc(C#N)nn1. The number of nitriles is 1. The molecule has 96 valence electrons. The third-order valence-corrected chi connectivity index (χ3v) is 2.64. The predicted molar refractivity (Wildman–Crippen MR) is 65.0 cm³/mol. The number of anilines is 1. The monoisotopic (exact) mass is 248 g/mol. The van der Waals surface area contributed by atoms with Crippen LogP contribution in [0.3, 0.4) is 0 Å². The molecule has 0 saturated carbocycles. The average Bonchev–Trinajstić information content (AvgIpc) is 2.90. The summed E-state index contributed by atoms with van der Waals surface area (Å²) in [6.07, 6.45) is 1.17. The molecule has 6 nitrogen and oxygen atoms in total. The highest BCUT2D eigenvalue weighted by Gasteiger charge is 2.17. The van der Waals surface area contributed by atoms with Gasteiger partial charge in [-0.3, -0.25) is 0 Å². The molecule has 2 heterocycles. The zero-order valence-electron chi connectivity index (χ0n) is 10.3. The summed E-state index contributed by atoms with van der Waals surface area (Å²) >= 11 is 0. The highest BCUT2D eigenvalue weighted by Crippen LogP contribution is 2.09. The van der Waals surface area contributed by atoms with Crippen molar-refractivity contribution in [2.45, 2.75) is 25.5 Å². The van der Waals surface area contributed by atoms with Gasteiger partial charge in [0.1, 0.15) is 11.9 Å². The molecule has 1 aromatic heterocycles. The molecule has 1 saturated heterocycles. The Bertz CT molecular complexity index is 409. The van der Waals surface area contributed by atoms with Crippen molar-refractivity contribution in [1.82, 2.24) is 10.2 Å². The van der Waals surface area contributed by atoms with Gasteiger partial charge in [-0.15, -0.1) is 10.2 Å². The highest BCUT2D eigenvalue weighted by molar-refractivity contribution is 5.36. The van der Waals surface area contributed by atoms with E-state index in [4.69, 9.17) is 14.7 Å². The Morgan fingerprint density at radius 1 is 1.61 bits per heavy atom. The van der Waals surface area contributed by atoms with Crippen LogP contribution in [-0.2, 0) is 9.47 Å². The van der Waals surface area contributed by atoms with Crippen LogP contribution in [0.1, 0.15) is 19.0 Å². The normalized spacial score (nSPS) is 20.3. The van der Waals surface area contributed by atoms with E-state index in [0.29, 0.717) is 24.7 Å². The van der Waals surface area contributed by atoms with Crippen LogP contribution in [0.4, 0.5) is 5.82 Å². The largest absolute Gasteiger partial charge is 0.379 e. The number of rotatable bonds is 5. The molecule has 6 heteroatoms. The van der Waals surface area contributed by atoms with Crippen molar-refractivity contribution in [3.05, 3.63) is 17.8 Å². The second-order valence-corrected chi connectivity index (χ2v) is 4.28. The summed E-state index contributed by atoms with van der Waals surface area (Å²) in [5.41, 5.74) is 0.313. The van der Waals surface area contributed by atoms with E-state index in [0.717, 1.165) is 13.0 Å². The van der Waals surface area contributed by atoms with Crippen LogP contribution >= 0.6 is 0 Å². The van der Waals surface area contributed by atoms with Crippen LogP contribution in [0.25, 0.3) is 0 Å². The van der Waals surface area contributed by atoms with E-state index in [-0.39, 0.29) is 12.1 Å². The molecule has 1 aliphatic rings.